The lowest BCUT2D eigenvalue weighted by atomic mass is 10.2. The molecule has 114 valence electrons. The number of amides is 1. The first-order valence-corrected chi connectivity index (χ1v) is 8.09. The standard InChI is InChI=1S/C16H18N4OS/c1-9-18-19-16(22)20(9)12-4-2-3-11(7-12)17-15(21)14-8-13(14)10-5-6-10/h2-4,7,10,13-14H,5-6,8H2,1H3,(H,17,21)(H,19,22)/t13-,14+/m1/s1. The highest BCUT2D eigenvalue weighted by atomic mass is 32.1. The summed E-state index contributed by atoms with van der Waals surface area (Å²) in [6, 6.07) is 7.72. The summed E-state index contributed by atoms with van der Waals surface area (Å²) in [6.45, 7) is 1.89. The molecule has 2 aliphatic rings. The van der Waals surface area contributed by atoms with Gasteiger partial charge in [-0.25, -0.2) is 0 Å². The Morgan fingerprint density at radius 3 is 2.95 bits per heavy atom. The van der Waals surface area contributed by atoms with Crippen molar-refractivity contribution in [1.82, 2.24) is 14.8 Å². The predicted molar refractivity (Wildman–Crippen MR) is 86.4 cm³/mol. The highest BCUT2D eigenvalue weighted by Gasteiger charge is 2.51. The van der Waals surface area contributed by atoms with Gasteiger partial charge in [-0.3, -0.25) is 14.5 Å². The molecule has 2 fully saturated rings. The van der Waals surface area contributed by atoms with Crippen LogP contribution in [0, 0.1) is 29.4 Å². The molecule has 1 aromatic carbocycles. The van der Waals surface area contributed by atoms with E-state index in [1.54, 1.807) is 0 Å². The van der Waals surface area contributed by atoms with Crippen molar-refractivity contribution in [3.05, 3.63) is 34.9 Å². The summed E-state index contributed by atoms with van der Waals surface area (Å²) in [4.78, 5) is 12.3. The number of hydrogen-bond acceptors (Lipinski definition) is 3. The second kappa shape index (κ2) is 5.05. The fourth-order valence-corrected chi connectivity index (χ4v) is 3.48. The number of rotatable bonds is 4. The van der Waals surface area contributed by atoms with E-state index in [4.69, 9.17) is 12.2 Å². The van der Waals surface area contributed by atoms with Crippen LogP contribution in [0.25, 0.3) is 5.69 Å². The van der Waals surface area contributed by atoms with E-state index in [0.29, 0.717) is 10.7 Å². The molecule has 22 heavy (non-hydrogen) atoms. The third-order valence-electron chi connectivity index (χ3n) is 4.62. The van der Waals surface area contributed by atoms with Crippen LogP contribution in [0.3, 0.4) is 0 Å². The zero-order valence-corrected chi connectivity index (χ0v) is 13.2. The number of carbonyl (C=O) groups excluding carboxylic acids is 1. The average Bonchev–Trinajstić information content (AvgIpc) is 3.36. The minimum Gasteiger partial charge on any atom is -0.326 e. The van der Waals surface area contributed by atoms with Gasteiger partial charge in [0.05, 0.1) is 5.69 Å². The molecule has 0 spiro atoms. The zero-order chi connectivity index (χ0) is 15.3. The Kier molecular flexibility index (Phi) is 3.14. The van der Waals surface area contributed by atoms with Crippen molar-refractivity contribution >= 4 is 23.8 Å². The van der Waals surface area contributed by atoms with Gasteiger partial charge in [-0.05, 0) is 68.4 Å². The van der Waals surface area contributed by atoms with E-state index < -0.39 is 0 Å². The lowest BCUT2D eigenvalue weighted by Gasteiger charge is -2.09. The van der Waals surface area contributed by atoms with E-state index in [9.17, 15) is 4.79 Å². The third kappa shape index (κ3) is 2.47. The predicted octanol–water partition coefficient (Wildman–Crippen LogP) is 3.22. The van der Waals surface area contributed by atoms with Gasteiger partial charge in [0.1, 0.15) is 5.82 Å². The maximum atomic E-state index is 12.3. The number of aromatic nitrogens is 3. The number of nitrogens with one attached hydrogen (secondary N) is 2. The highest BCUT2D eigenvalue weighted by molar-refractivity contribution is 7.71. The van der Waals surface area contributed by atoms with Crippen molar-refractivity contribution in [2.45, 2.75) is 26.2 Å². The van der Waals surface area contributed by atoms with E-state index >= 15 is 0 Å². The maximum absolute atomic E-state index is 12.3. The Labute approximate surface area is 133 Å². The lowest BCUT2D eigenvalue weighted by molar-refractivity contribution is -0.117. The molecule has 2 N–H and O–H groups in total. The Bertz CT molecular complexity index is 789. The first kappa shape index (κ1) is 13.7. The maximum Gasteiger partial charge on any atom is 0.227 e. The van der Waals surface area contributed by atoms with Gasteiger partial charge in [0.15, 0.2) is 4.77 Å². The molecule has 2 aromatic rings. The van der Waals surface area contributed by atoms with Crippen LogP contribution in [0.1, 0.15) is 25.1 Å². The molecule has 1 amide bonds. The molecule has 5 nitrogen and oxygen atoms in total. The quantitative estimate of drug-likeness (QED) is 0.852. The van der Waals surface area contributed by atoms with Gasteiger partial charge in [0, 0.05) is 11.6 Å². The van der Waals surface area contributed by atoms with E-state index in [0.717, 1.165) is 29.5 Å². The summed E-state index contributed by atoms with van der Waals surface area (Å²) in [7, 11) is 0. The van der Waals surface area contributed by atoms with E-state index in [2.05, 4.69) is 15.5 Å². The number of anilines is 1. The first-order valence-electron chi connectivity index (χ1n) is 7.69. The van der Waals surface area contributed by atoms with Crippen LogP contribution >= 0.6 is 12.2 Å². The SMILES string of the molecule is Cc1n[nH]c(=S)n1-c1cccc(NC(=O)[C@H]2C[C@@H]2C2CC2)c1. The van der Waals surface area contributed by atoms with Crippen LogP contribution in [-0.2, 0) is 4.79 Å². The monoisotopic (exact) mass is 314 g/mol. The molecule has 4 rings (SSSR count). The summed E-state index contributed by atoms with van der Waals surface area (Å²) < 4.78 is 2.41. The van der Waals surface area contributed by atoms with Crippen LogP contribution < -0.4 is 5.32 Å². The number of hydrogen-bond donors (Lipinski definition) is 2. The van der Waals surface area contributed by atoms with Crippen molar-refractivity contribution in [3.63, 3.8) is 0 Å². The van der Waals surface area contributed by atoms with Gasteiger partial charge in [0.25, 0.3) is 0 Å². The Morgan fingerprint density at radius 2 is 2.27 bits per heavy atom. The van der Waals surface area contributed by atoms with Gasteiger partial charge in [-0.1, -0.05) is 6.07 Å². The fraction of sp³-hybridized carbons (Fsp3) is 0.438. The Balaban J connectivity index is 1.52. The number of benzene rings is 1. The summed E-state index contributed by atoms with van der Waals surface area (Å²) in [6.07, 6.45) is 3.67. The molecular formula is C16H18N4OS. The molecule has 0 radical (unpaired) electrons. The van der Waals surface area contributed by atoms with Crippen molar-refractivity contribution in [2.75, 3.05) is 5.32 Å². The average molecular weight is 314 g/mol. The normalized spacial score (nSPS) is 23.3. The van der Waals surface area contributed by atoms with E-state index in [1.807, 2.05) is 35.8 Å². The largest absolute Gasteiger partial charge is 0.326 e. The minimum absolute atomic E-state index is 0.154. The molecule has 0 unspecified atom stereocenters. The molecule has 1 aromatic heterocycles. The Hall–Kier alpha value is -1.95. The second-order valence-electron chi connectivity index (χ2n) is 6.29. The minimum atomic E-state index is 0.154. The van der Waals surface area contributed by atoms with Gasteiger partial charge in [-0.15, -0.1) is 0 Å². The van der Waals surface area contributed by atoms with Crippen molar-refractivity contribution in [2.24, 2.45) is 17.8 Å². The number of carbonyl (C=O) groups is 1. The number of aryl methyl sites for hydroxylation is 1. The molecule has 0 saturated heterocycles. The van der Waals surface area contributed by atoms with Gasteiger partial charge >= 0.3 is 0 Å². The summed E-state index contributed by atoms with van der Waals surface area (Å²) in [5, 5.41) is 9.93. The summed E-state index contributed by atoms with van der Waals surface area (Å²) in [5.74, 6) is 2.61. The van der Waals surface area contributed by atoms with Gasteiger partial charge in [-0.2, -0.15) is 5.10 Å². The molecule has 6 heteroatoms. The zero-order valence-electron chi connectivity index (χ0n) is 12.4. The van der Waals surface area contributed by atoms with Crippen LogP contribution in [0.2, 0.25) is 0 Å². The fourth-order valence-electron chi connectivity index (χ4n) is 3.20. The molecule has 0 bridgehead atoms. The van der Waals surface area contributed by atoms with Crippen LogP contribution in [0.5, 0.6) is 0 Å². The van der Waals surface area contributed by atoms with E-state index in [1.165, 1.54) is 12.8 Å². The summed E-state index contributed by atoms with van der Waals surface area (Å²) >= 11 is 5.25. The van der Waals surface area contributed by atoms with Crippen LogP contribution in [-0.4, -0.2) is 20.7 Å². The topological polar surface area (TPSA) is 62.7 Å². The molecule has 1 heterocycles. The number of aromatic amines is 1. The Morgan fingerprint density at radius 1 is 1.45 bits per heavy atom. The van der Waals surface area contributed by atoms with Crippen molar-refractivity contribution in [1.29, 1.82) is 0 Å². The van der Waals surface area contributed by atoms with Crippen LogP contribution in [0.4, 0.5) is 5.69 Å². The van der Waals surface area contributed by atoms with Crippen molar-refractivity contribution in [3.8, 4) is 5.69 Å². The summed E-state index contributed by atoms with van der Waals surface area (Å²) in [5.41, 5.74) is 1.72. The van der Waals surface area contributed by atoms with Crippen molar-refractivity contribution < 1.29 is 4.79 Å². The molecule has 2 saturated carbocycles. The van der Waals surface area contributed by atoms with Gasteiger partial charge < -0.3 is 5.32 Å². The first-order chi connectivity index (χ1) is 10.6. The number of H-pyrrole nitrogens is 1. The van der Waals surface area contributed by atoms with Gasteiger partial charge in [0.2, 0.25) is 5.91 Å². The van der Waals surface area contributed by atoms with E-state index in [-0.39, 0.29) is 11.8 Å². The molecule has 2 aliphatic carbocycles. The molecular weight excluding hydrogens is 296 g/mol. The molecule has 2 atom stereocenters. The van der Waals surface area contributed by atoms with Crippen LogP contribution in [0.15, 0.2) is 24.3 Å². The third-order valence-corrected chi connectivity index (χ3v) is 4.89. The number of nitrogens with zero attached hydrogens (tertiary/aromatic N) is 2. The highest BCUT2D eigenvalue weighted by Crippen LogP contribution is 2.54. The second-order valence-corrected chi connectivity index (χ2v) is 6.68. The lowest BCUT2D eigenvalue weighted by Crippen LogP contribution is -2.15. The molecule has 0 aliphatic heterocycles. The smallest absolute Gasteiger partial charge is 0.227 e.